The maximum absolute atomic E-state index is 6.20. The molecule has 4 heteroatoms. The fourth-order valence-corrected chi connectivity index (χ4v) is 2.42. The third-order valence-electron chi connectivity index (χ3n) is 3.17. The molecular formula is C16H14ClNO2. The van der Waals surface area contributed by atoms with Crippen molar-refractivity contribution >= 4 is 22.4 Å². The van der Waals surface area contributed by atoms with Gasteiger partial charge in [0.15, 0.2) is 6.10 Å². The van der Waals surface area contributed by atoms with Gasteiger partial charge in [-0.05, 0) is 24.3 Å². The Labute approximate surface area is 121 Å². The molecule has 3 aromatic rings. The largest absolute Gasteiger partial charge is 0.480 e. The van der Waals surface area contributed by atoms with Crippen LogP contribution in [0.2, 0.25) is 5.02 Å². The van der Waals surface area contributed by atoms with Gasteiger partial charge < -0.3 is 14.9 Å². The van der Waals surface area contributed by atoms with Gasteiger partial charge in [-0.1, -0.05) is 35.9 Å². The van der Waals surface area contributed by atoms with Crippen molar-refractivity contribution in [3.63, 3.8) is 0 Å². The summed E-state index contributed by atoms with van der Waals surface area (Å²) in [5.41, 5.74) is 5.77. The summed E-state index contributed by atoms with van der Waals surface area (Å²) < 4.78 is 11.4. The van der Waals surface area contributed by atoms with Crippen LogP contribution in [0.5, 0.6) is 5.75 Å². The summed E-state index contributed by atoms with van der Waals surface area (Å²) in [7, 11) is 0. The van der Waals surface area contributed by atoms with Crippen LogP contribution in [0.25, 0.3) is 10.8 Å². The Bertz CT molecular complexity index is 710. The predicted octanol–water partition coefficient (Wildman–Crippen LogP) is 4.17. The number of hydrogen-bond donors (Lipinski definition) is 1. The van der Waals surface area contributed by atoms with Gasteiger partial charge in [-0.15, -0.1) is 0 Å². The SMILES string of the molecule is NCC(Oc1ccc(Cl)c2ccccc12)c1ccco1. The van der Waals surface area contributed by atoms with E-state index < -0.39 is 0 Å². The molecule has 0 radical (unpaired) electrons. The molecule has 102 valence electrons. The number of nitrogens with two attached hydrogens (primary N) is 1. The van der Waals surface area contributed by atoms with E-state index >= 15 is 0 Å². The molecule has 0 aliphatic heterocycles. The molecule has 1 atom stereocenters. The molecule has 1 aromatic heterocycles. The average molecular weight is 288 g/mol. The van der Waals surface area contributed by atoms with Gasteiger partial charge in [0.05, 0.1) is 6.26 Å². The third kappa shape index (κ3) is 2.38. The lowest BCUT2D eigenvalue weighted by Crippen LogP contribution is -2.18. The summed E-state index contributed by atoms with van der Waals surface area (Å²) >= 11 is 6.20. The van der Waals surface area contributed by atoms with Crippen molar-refractivity contribution < 1.29 is 9.15 Å². The van der Waals surface area contributed by atoms with Crippen molar-refractivity contribution in [3.05, 3.63) is 65.6 Å². The van der Waals surface area contributed by atoms with Gasteiger partial charge in [-0.25, -0.2) is 0 Å². The highest BCUT2D eigenvalue weighted by molar-refractivity contribution is 6.35. The number of hydrogen-bond acceptors (Lipinski definition) is 3. The van der Waals surface area contributed by atoms with E-state index in [1.165, 1.54) is 0 Å². The highest BCUT2D eigenvalue weighted by atomic mass is 35.5. The number of halogens is 1. The van der Waals surface area contributed by atoms with Gasteiger partial charge in [0.2, 0.25) is 0 Å². The maximum atomic E-state index is 6.20. The molecular weight excluding hydrogens is 274 g/mol. The zero-order chi connectivity index (χ0) is 13.9. The van der Waals surface area contributed by atoms with E-state index in [0.29, 0.717) is 17.3 Å². The van der Waals surface area contributed by atoms with Crippen molar-refractivity contribution in [2.45, 2.75) is 6.10 Å². The molecule has 3 rings (SSSR count). The van der Waals surface area contributed by atoms with E-state index in [0.717, 1.165) is 16.5 Å². The number of fused-ring (bicyclic) bond motifs is 1. The number of benzene rings is 2. The van der Waals surface area contributed by atoms with E-state index in [9.17, 15) is 0 Å². The van der Waals surface area contributed by atoms with Crippen LogP contribution in [0.15, 0.2) is 59.2 Å². The molecule has 0 aliphatic carbocycles. The standard InChI is InChI=1S/C16H14ClNO2/c17-13-7-8-14(12-5-2-1-4-11(12)13)20-16(10-18)15-6-3-9-19-15/h1-9,16H,10,18H2. The molecule has 0 spiro atoms. The predicted molar refractivity (Wildman–Crippen MR) is 80.1 cm³/mol. The van der Waals surface area contributed by atoms with E-state index in [2.05, 4.69) is 0 Å². The molecule has 2 N–H and O–H groups in total. The Morgan fingerprint density at radius 2 is 1.85 bits per heavy atom. The number of furan rings is 1. The lowest BCUT2D eigenvalue weighted by atomic mass is 10.1. The summed E-state index contributed by atoms with van der Waals surface area (Å²) in [6.45, 7) is 0.338. The molecule has 2 aromatic carbocycles. The quantitative estimate of drug-likeness (QED) is 0.783. The molecule has 0 amide bonds. The van der Waals surface area contributed by atoms with Gasteiger partial charge in [0.1, 0.15) is 11.5 Å². The Hall–Kier alpha value is -1.97. The van der Waals surface area contributed by atoms with Crippen molar-refractivity contribution in [1.29, 1.82) is 0 Å². The fraction of sp³-hybridized carbons (Fsp3) is 0.125. The number of rotatable bonds is 4. The minimum atomic E-state index is -0.311. The normalized spacial score (nSPS) is 12.5. The summed E-state index contributed by atoms with van der Waals surface area (Å²) in [6.07, 6.45) is 1.30. The second kappa shape index (κ2) is 5.57. The van der Waals surface area contributed by atoms with Gasteiger partial charge in [-0.3, -0.25) is 0 Å². The molecule has 1 unspecified atom stereocenters. The molecule has 0 aliphatic rings. The zero-order valence-corrected chi connectivity index (χ0v) is 11.5. The topological polar surface area (TPSA) is 48.4 Å². The van der Waals surface area contributed by atoms with Crippen LogP contribution in [0.3, 0.4) is 0 Å². The highest BCUT2D eigenvalue weighted by Gasteiger charge is 2.16. The fourth-order valence-electron chi connectivity index (χ4n) is 2.19. The second-order valence-electron chi connectivity index (χ2n) is 4.45. The first kappa shape index (κ1) is 13.0. The van der Waals surface area contributed by atoms with Crippen molar-refractivity contribution in [2.75, 3.05) is 6.54 Å². The monoisotopic (exact) mass is 287 g/mol. The zero-order valence-electron chi connectivity index (χ0n) is 10.8. The van der Waals surface area contributed by atoms with Gasteiger partial charge in [-0.2, -0.15) is 0 Å². The second-order valence-corrected chi connectivity index (χ2v) is 4.86. The Morgan fingerprint density at radius 3 is 2.55 bits per heavy atom. The lowest BCUT2D eigenvalue weighted by Gasteiger charge is -2.17. The van der Waals surface area contributed by atoms with Crippen LogP contribution in [-0.4, -0.2) is 6.54 Å². The van der Waals surface area contributed by atoms with E-state index in [1.807, 2.05) is 48.5 Å². The molecule has 0 fully saturated rings. The smallest absolute Gasteiger partial charge is 0.168 e. The Balaban J connectivity index is 2.00. The Kier molecular flexibility index (Phi) is 3.63. The average Bonchev–Trinajstić information content (AvgIpc) is 3.01. The summed E-state index contributed by atoms with van der Waals surface area (Å²) in [5, 5.41) is 2.63. The van der Waals surface area contributed by atoms with Crippen molar-refractivity contribution in [2.24, 2.45) is 5.73 Å². The first-order valence-electron chi connectivity index (χ1n) is 6.37. The van der Waals surface area contributed by atoms with Crippen LogP contribution in [-0.2, 0) is 0 Å². The summed E-state index contributed by atoms with van der Waals surface area (Å²) in [5.74, 6) is 1.46. The molecule has 3 nitrogen and oxygen atoms in total. The van der Waals surface area contributed by atoms with Gasteiger partial charge >= 0.3 is 0 Å². The van der Waals surface area contributed by atoms with E-state index in [1.54, 1.807) is 6.26 Å². The van der Waals surface area contributed by atoms with Crippen molar-refractivity contribution in [1.82, 2.24) is 0 Å². The van der Waals surface area contributed by atoms with E-state index in [4.69, 9.17) is 26.5 Å². The van der Waals surface area contributed by atoms with Crippen LogP contribution >= 0.6 is 11.6 Å². The molecule has 0 bridgehead atoms. The minimum absolute atomic E-state index is 0.311. The van der Waals surface area contributed by atoms with Gasteiger partial charge in [0, 0.05) is 22.3 Å². The lowest BCUT2D eigenvalue weighted by molar-refractivity contribution is 0.186. The summed E-state index contributed by atoms with van der Waals surface area (Å²) in [6, 6.07) is 15.2. The van der Waals surface area contributed by atoms with Crippen LogP contribution in [0, 0.1) is 0 Å². The van der Waals surface area contributed by atoms with Crippen LogP contribution < -0.4 is 10.5 Å². The van der Waals surface area contributed by atoms with E-state index in [-0.39, 0.29) is 6.10 Å². The maximum Gasteiger partial charge on any atom is 0.168 e. The highest BCUT2D eigenvalue weighted by Crippen LogP contribution is 2.33. The first-order valence-corrected chi connectivity index (χ1v) is 6.75. The van der Waals surface area contributed by atoms with Gasteiger partial charge in [0.25, 0.3) is 0 Å². The van der Waals surface area contributed by atoms with Crippen molar-refractivity contribution in [3.8, 4) is 5.75 Å². The van der Waals surface area contributed by atoms with Crippen LogP contribution in [0.4, 0.5) is 0 Å². The number of ether oxygens (including phenoxy) is 1. The minimum Gasteiger partial charge on any atom is -0.480 e. The molecule has 20 heavy (non-hydrogen) atoms. The van der Waals surface area contributed by atoms with Crippen LogP contribution in [0.1, 0.15) is 11.9 Å². The Morgan fingerprint density at radius 1 is 1.05 bits per heavy atom. The molecule has 0 saturated carbocycles. The summed E-state index contributed by atoms with van der Waals surface area (Å²) in [4.78, 5) is 0. The first-order chi connectivity index (χ1) is 9.79. The third-order valence-corrected chi connectivity index (χ3v) is 3.50. The molecule has 0 saturated heterocycles. The molecule has 1 heterocycles.